The molecule has 2 heterocycles. The van der Waals surface area contributed by atoms with E-state index in [-0.39, 0.29) is 30.0 Å². The summed E-state index contributed by atoms with van der Waals surface area (Å²) in [5.74, 6) is -1.33. The maximum Gasteiger partial charge on any atom is 0.340 e. The van der Waals surface area contributed by atoms with E-state index in [1.165, 1.54) is 23.5 Å². The molecule has 0 saturated carbocycles. The smallest absolute Gasteiger partial charge is 0.340 e. The summed E-state index contributed by atoms with van der Waals surface area (Å²) >= 11 is 1.40. The Morgan fingerprint density at radius 1 is 1.14 bits per heavy atom. The van der Waals surface area contributed by atoms with Crippen molar-refractivity contribution >= 4 is 28.9 Å². The summed E-state index contributed by atoms with van der Waals surface area (Å²) in [6.45, 7) is 1.93. The van der Waals surface area contributed by atoms with Crippen LogP contribution in [0.3, 0.4) is 0 Å². The van der Waals surface area contributed by atoms with Crippen molar-refractivity contribution in [1.29, 1.82) is 0 Å². The third-order valence-corrected chi connectivity index (χ3v) is 4.73. The Morgan fingerprint density at radius 2 is 1.93 bits per heavy atom. The number of hydrogen-bond donors (Lipinski definition) is 2. The molecule has 9 heteroatoms. The minimum atomic E-state index is -0.738. The Balaban J connectivity index is 1.91. The molecule has 0 fully saturated rings. The number of esters is 1. The van der Waals surface area contributed by atoms with Crippen molar-refractivity contribution in [3.63, 3.8) is 0 Å². The predicted molar refractivity (Wildman–Crippen MR) is 105 cm³/mol. The van der Waals surface area contributed by atoms with E-state index in [4.69, 9.17) is 4.74 Å². The highest BCUT2D eigenvalue weighted by atomic mass is 32.1. The lowest BCUT2D eigenvalue weighted by Crippen LogP contribution is -2.39. The molecule has 3 aromatic rings. The topological polar surface area (TPSA) is 110 Å². The van der Waals surface area contributed by atoms with Crippen molar-refractivity contribution in [1.82, 2.24) is 9.55 Å². The number of nitrogens with zero attached hydrogens (tertiary/aromatic N) is 1. The maximum absolute atomic E-state index is 12.7. The molecule has 0 aliphatic heterocycles. The number of ether oxygens (including phenoxy) is 1. The summed E-state index contributed by atoms with van der Waals surface area (Å²) in [4.78, 5) is 52.6. The van der Waals surface area contributed by atoms with Gasteiger partial charge in [-0.15, -0.1) is 11.3 Å². The molecule has 2 aromatic heterocycles. The Kier molecular flexibility index (Phi) is 5.85. The van der Waals surface area contributed by atoms with Crippen LogP contribution >= 0.6 is 11.3 Å². The summed E-state index contributed by atoms with van der Waals surface area (Å²) in [6, 6.07) is 9.91. The summed E-state index contributed by atoms with van der Waals surface area (Å²) < 4.78 is 5.93. The van der Waals surface area contributed by atoms with Gasteiger partial charge in [0.15, 0.2) is 0 Å². The molecule has 0 aliphatic carbocycles. The van der Waals surface area contributed by atoms with Crippen LogP contribution in [0.5, 0.6) is 0 Å². The standard InChI is InChI=1S/C19H17N3O5S/c1-2-27-18(25)13-7-3-4-8-15(13)21-16(23)14-10-20-19(26)22(17(14)24)11-12-6-5-9-28-12/h3-10H,2,11H2,1H3,(H,20,26)(H,21,23). The molecule has 2 N–H and O–H groups in total. The second-order valence-corrected chi connectivity index (χ2v) is 6.73. The van der Waals surface area contributed by atoms with Crippen LogP contribution in [0.25, 0.3) is 0 Å². The number of aromatic nitrogens is 2. The number of aromatic amines is 1. The normalized spacial score (nSPS) is 10.5. The van der Waals surface area contributed by atoms with Gasteiger partial charge in [0.2, 0.25) is 0 Å². The van der Waals surface area contributed by atoms with Crippen LogP contribution in [-0.4, -0.2) is 28.0 Å². The quantitative estimate of drug-likeness (QED) is 0.617. The van der Waals surface area contributed by atoms with E-state index in [9.17, 15) is 19.2 Å². The van der Waals surface area contributed by atoms with Crippen LogP contribution in [-0.2, 0) is 11.3 Å². The molecule has 0 atom stereocenters. The number of thiophene rings is 1. The Morgan fingerprint density at radius 3 is 2.64 bits per heavy atom. The van der Waals surface area contributed by atoms with Crippen LogP contribution in [0.1, 0.15) is 32.5 Å². The van der Waals surface area contributed by atoms with Crippen LogP contribution in [0.15, 0.2) is 57.6 Å². The largest absolute Gasteiger partial charge is 0.462 e. The van der Waals surface area contributed by atoms with Crippen LogP contribution < -0.4 is 16.6 Å². The summed E-state index contributed by atoms with van der Waals surface area (Å²) in [7, 11) is 0. The highest BCUT2D eigenvalue weighted by Gasteiger charge is 2.18. The van der Waals surface area contributed by atoms with Crippen molar-refractivity contribution in [3.05, 3.63) is 84.8 Å². The van der Waals surface area contributed by atoms with Crippen molar-refractivity contribution in [2.24, 2.45) is 0 Å². The molecular weight excluding hydrogens is 382 g/mol. The first kappa shape index (κ1) is 19.3. The van der Waals surface area contributed by atoms with Gasteiger partial charge in [-0.2, -0.15) is 0 Å². The Labute approximate surface area is 163 Å². The fourth-order valence-electron chi connectivity index (χ4n) is 2.54. The molecule has 144 valence electrons. The fraction of sp³-hybridized carbons (Fsp3) is 0.158. The summed E-state index contributed by atoms with van der Waals surface area (Å²) in [6.07, 6.45) is 1.07. The first-order chi connectivity index (χ1) is 13.5. The summed E-state index contributed by atoms with van der Waals surface area (Å²) in [5, 5.41) is 4.37. The molecule has 0 spiro atoms. The number of hydrogen-bond acceptors (Lipinski definition) is 6. The van der Waals surface area contributed by atoms with Crippen molar-refractivity contribution in [2.75, 3.05) is 11.9 Å². The van der Waals surface area contributed by atoms with Crippen LogP contribution in [0.4, 0.5) is 5.69 Å². The molecule has 3 rings (SSSR count). The number of rotatable bonds is 6. The first-order valence-corrected chi connectivity index (χ1v) is 9.31. The lowest BCUT2D eigenvalue weighted by atomic mass is 10.1. The molecule has 28 heavy (non-hydrogen) atoms. The number of anilines is 1. The monoisotopic (exact) mass is 399 g/mol. The fourth-order valence-corrected chi connectivity index (χ4v) is 3.24. The van der Waals surface area contributed by atoms with Gasteiger partial charge in [0, 0.05) is 11.1 Å². The Hall–Kier alpha value is -3.46. The SMILES string of the molecule is CCOC(=O)c1ccccc1NC(=O)c1c[nH]c(=O)n(Cc2cccs2)c1=O. The molecule has 1 aromatic carbocycles. The van der Waals surface area contributed by atoms with Gasteiger partial charge in [-0.3, -0.25) is 14.2 Å². The van der Waals surface area contributed by atoms with E-state index < -0.39 is 23.1 Å². The number of H-pyrrole nitrogens is 1. The van der Waals surface area contributed by atoms with E-state index >= 15 is 0 Å². The molecule has 8 nitrogen and oxygen atoms in total. The summed E-state index contributed by atoms with van der Waals surface area (Å²) in [5.41, 5.74) is -1.19. The predicted octanol–water partition coefficient (Wildman–Crippen LogP) is 2.08. The molecule has 0 aliphatic rings. The highest BCUT2D eigenvalue weighted by molar-refractivity contribution is 7.09. The average molecular weight is 399 g/mol. The Bertz CT molecular complexity index is 1120. The zero-order valence-corrected chi connectivity index (χ0v) is 15.7. The number of benzene rings is 1. The zero-order valence-electron chi connectivity index (χ0n) is 14.9. The molecule has 0 radical (unpaired) electrons. The third kappa shape index (κ3) is 4.09. The van der Waals surface area contributed by atoms with Crippen molar-refractivity contribution in [2.45, 2.75) is 13.5 Å². The van der Waals surface area contributed by atoms with Gasteiger partial charge in [-0.1, -0.05) is 18.2 Å². The maximum atomic E-state index is 12.7. The molecular formula is C19H17N3O5S. The van der Waals surface area contributed by atoms with Gasteiger partial charge >= 0.3 is 11.7 Å². The van der Waals surface area contributed by atoms with Gasteiger partial charge in [0.1, 0.15) is 5.56 Å². The number of para-hydroxylation sites is 1. The van der Waals surface area contributed by atoms with Gasteiger partial charge in [-0.25, -0.2) is 9.59 Å². The van der Waals surface area contributed by atoms with Crippen molar-refractivity contribution < 1.29 is 14.3 Å². The van der Waals surface area contributed by atoms with Gasteiger partial charge in [0.05, 0.1) is 24.4 Å². The van der Waals surface area contributed by atoms with Gasteiger partial charge < -0.3 is 15.0 Å². The van der Waals surface area contributed by atoms with E-state index in [1.54, 1.807) is 25.1 Å². The minimum absolute atomic E-state index is 0.0619. The average Bonchev–Trinajstić information content (AvgIpc) is 3.19. The van der Waals surface area contributed by atoms with Gasteiger partial charge in [-0.05, 0) is 30.5 Å². The zero-order chi connectivity index (χ0) is 20.1. The van der Waals surface area contributed by atoms with E-state index in [1.807, 2.05) is 11.4 Å². The van der Waals surface area contributed by atoms with Crippen LogP contribution in [0, 0.1) is 0 Å². The number of carbonyl (C=O) groups is 2. The highest BCUT2D eigenvalue weighted by Crippen LogP contribution is 2.17. The molecule has 1 amide bonds. The lowest BCUT2D eigenvalue weighted by Gasteiger charge is -2.11. The third-order valence-electron chi connectivity index (χ3n) is 3.87. The second kappa shape index (κ2) is 8.49. The molecule has 0 saturated heterocycles. The molecule has 0 unspecified atom stereocenters. The number of amides is 1. The van der Waals surface area contributed by atoms with E-state index in [0.717, 1.165) is 15.6 Å². The first-order valence-electron chi connectivity index (χ1n) is 8.43. The van der Waals surface area contributed by atoms with Crippen molar-refractivity contribution in [3.8, 4) is 0 Å². The number of nitrogens with one attached hydrogen (secondary N) is 2. The minimum Gasteiger partial charge on any atom is -0.462 e. The van der Waals surface area contributed by atoms with Gasteiger partial charge in [0.25, 0.3) is 11.5 Å². The van der Waals surface area contributed by atoms with Crippen LogP contribution in [0.2, 0.25) is 0 Å². The number of carbonyl (C=O) groups excluding carboxylic acids is 2. The van der Waals surface area contributed by atoms with E-state index in [0.29, 0.717) is 0 Å². The molecule has 0 bridgehead atoms. The lowest BCUT2D eigenvalue weighted by molar-refractivity contribution is 0.0527. The second-order valence-electron chi connectivity index (χ2n) is 5.70. The van der Waals surface area contributed by atoms with E-state index in [2.05, 4.69) is 10.3 Å².